The van der Waals surface area contributed by atoms with E-state index < -0.39 is 0 Å². The molecule has 0 aromatic heterocycles. The molecule has 20 heavy (non-hydrogen) atoms. The highest BCUT2D eigenvalue weighted by Crippen LogP contribution is 2.19. The van der Waals surface area contributed by atoms with Crippen LogP contribution in [0.5, 0.6) is 0 Å². The van der Waals surface area contributed by atoms with Crippen LogP contribution < -0.4 is 11.1 Å². The summed E-state index contributed by atoms with van der Waals surface area (Å²) < 4.78 is 5.18. The van der Waals surface area contributed by atoms with Crippen molar-refractivity contribution >= 4 is 17.4 Å². The lowest BCUT2D eigenvalue weighted by Crippen LogP contribution is -2.20. The molecule has 0 atom stereocenters. The summed E-state index contributed by atoms with van der Waals surface area (Å²) in [5.41, 5.74) is 7.54. The summed E-state index contributed by atoms with van der Waals surface area (Å²) >= 11 is 0. The highest BCUT2D eigenvalue weighted by molar-refractivity contribution is 6.06. The maximum absolute atomic E-state index is 11.8. The first kappa shape index (κ1) is 16.0. The molecule has 1 rings (SSSR count). The van der Waals surface area contributed by atoms with Crippen molar-refractivity contribution in [3.8, 4) is 0 Å². The van der Waals surface area contributed by atoms with Crippen LogP contribution in [0.2, 0.25) is 0 Å². The van der Waals surface area contributed by atoms with E-state index in [4.69, 9.17) is 15.7 Å². The van der Waals surface area contributed by atoms with Crippen LogP contribution in [0.15, 0.2) is 23.4 Å². The Morgan fingerprint density at radius 1 is 1.50 bits per heavy atom. The second-order valence-electron chi connectivity index (χ2n) is 4.33. The Bertz CT molecular complexity index is 487. The average molecular weight is 279 g/mol. The molecule has 0 unspecified atom stereocenters. The molecule has 1 aromatic rings. The molecule has 6 nitrogen and oxygen atoms in total. The predicted molar refractivity (Wildman–Crippen MR) is 78.0 cm³/mol. The molecule has 0 saturated carbocycles. The highest BCUT2D eigenvalue weighted by Gasteiger charge is 2.12. The van der Waals surface area contributed by atoms with Crippen LogP contribution in [0.1, 0.15) is 30.9 Å². The summed E-state index contributed by atoms with van der Waals surface area (Å²) in [6.07, 6.45) is 1.02. The van der Waals surface area contributed by atoms with Gasteiger partial charge in [0.2, 0.25) is 5.91 Å². The highest BCUT2D eigenvalue weighted by atomic mass is 16.5. The molecule has 1 aromatic carbocycles. The number of aryl methyl sites for hydroxylation is 1. The number of ether oxygens (including phenoxy) is 1. The first-order chi connectivity index (χ1) is 9.60. The lowest BCUT2D eigenvalue weighted by molar-refractivity contribution is -0.116. The molecule has 0 spiro atoms. The van der Waals surface area contributed by atoms with Crippen LogP contribution in [0.4, 0.5) is 5.69 Å². The monoisotopic (exact) mass is 279 g/mol. The summed E-state index contributed by atoms with van der Waals surface area (Å²) in [6, 6.07) is 5.36. The van der Waals surface area contributed by atoms with Crippen LogP contribution >= 0.6 is 0 Å². The van der Waals surface area contributed by atoms with E-state index in [2.05, 4.69) is 10.5 Å². The molecule has 4 N–H and O–H groups in total. The lowest BCUT2D eigenvalue weighted by Gasteiger charge is -2.12. The van der Waals surface area contributed by atoms with Crippen molar-refractivity contribution in [3.63, 3.8) is 0 Å². The van der Waals surface area contributed by atoms with Gasteiger partial charge in [-0.25, -0.2) is 0 Å². The van der Waals surface area contributed by atoms with Gasteiger partial charge in [-0.15, -0.1) is 0 Å². The minimum Gasteiger partial charge on any atom is -0.409 e. The first-order valence-electron chi connectivity index (χ1n) is 6.55. The number of nitrogens with two attached hydrogens (primary N) is 1. The number of amides is 1. The van der Waals surface area contributed by atoms with Gasteiger partial charge >= 0.3 is 0 Å². The molecule has 0 bridgehead atoms. The maximum Gasteiger partial charge on any atom is 0.224 e. The largest absolute Gasteiger partial charge is 0.409 e. The molecule has 0 aliphatic heterocycles. The third-order valence-corrected chi connectivity index (χ3v) is 2.81. The van der Waals surface area contributed by atoms with Crippen molar-refractivity contribution < 1.29 is 14.7 Å². The summed E-state index contributed by atoms with van der Waals surface area (Å²) in [7, 11) is 0. The van der Waals surface area contributed by atoms with E-state index in [1.165, 1.54) is 0 Å². The van der Waals surface area contributed by atoms with Gasteiger partial charge < -0.3 is 21.0 Å². The van der Waals surface area contributed by atoms with Crippen molar-refractivity contribution in [2.75, 3.05) is 18.5 Å². The topological polar surface area (TPSA) is 96.9 Å². The molecule has 6 heteroatoms. The number of anilines is 1. The van der Waals surface area contributed by atoms with Crippen LogP contribution in [0.3, 0.4) is 0 Å². The fraction of sp³-hybridized carbons (Fsp3) is 0.429. The standard InChI is InChI=1S/C14H21N3O3/c1-3-20-9-5-8-12(18)16-11-7-4-6-10(2)13(11)14(15)17-19/h4,6-7,19H,3,5,8-9H2,1-2H3,(H2,15,17)(H,16,18). The third kappa shape index (κ3) is 4.55. The number of oxime groups is 1. The van der Waals surface area contributed by atoms with Crippen LogP contribution in [0.25, 0.3) is 0 Å². The van der Waals surface area contributed by atoms with Gasteiger partial charge in [0.25, 0.3) is 0 Å². The molecule has 0 saturated heterocycles. The zero-order chi connectivity index (χ0) is 15.0. The number of rotatable bonds is 7. The molecule has 0 radical (unpaired) electrons. The minimum absolute atomic E-state index is 0.0206. The number of amidine groups is 1. The zero-order valence-electron chi connectivity index (χ0n) is 11.8. The minimum atomic E-state index is -0.123. The molecule has 0 heterocycles. The smallest absolute Gasteiger partial charge is 0.224 e. The molecular weight excluding hydrogens is 258 g/mol. The molecule has 0 aliphatic carbocycles. The normalized spacial score (nSPS) is 11.4. The number of carbonyl (C=O) groups excluding carboxylic acids is 1. The van der Waals surface area contributed by atoms with Gasteiger partial charge in [-0.3, -0.25) is 4.79 Å². The number of nitrogens with one attached hydrogen (secondary N) is 1. The predicted octanol–water partition coefficient (Wildman–Crippen LogP) is 1.84. The Morgan fingerprint density at radius 2 is 2.25 bits per heavy atom. The Hall–Kier alpha value is -2.08. The first-order valence-corrected chi connectivity index (χ1v) is 6.55. The van der Waals surface area contributed by atoms with E-state index in [9.17, 15) is 4.79 Å². The van der Waals surface area contributed by atoms with E-state index in [-0.39, 0.29) is 11.7 Å². The van der Waals surface area contributed by atoms with E-state index >= 15 is 0 Å². The fourth-order valence-electron chi connectivity index (χ4n) is 1.85. The molecule has 0 aliphatic rings. The molecule has 0 fully saturated rings. The van der Waals surface area contributed by atoms with Gasteiger partial charge in [0.15, 0.2) is 5.84 Å². The quantitative estimate of drug-likeness (QED) is 0.233. The molecule has 110 valence electrons. The second kappa shape index (κ2) is 8.16. The van der Waals surface area contributed by atoms with Gasteiger partial charge in [-0.1, -0.05) is 17.3 Å². The van der Waals surface area contributed by atoms with E-state index in [1.54, 1.807) is 12.1 Å². The lowest BCUT2D eigenvalue weighted by atomic mass is 10.1. The van der Waals surface area contributed by atoms with Crippen LogP contribution in [0, 0.1) is 6.92 Å². The summed E-state index contributed by atoms with van der Waals surface area (Å²) in [5, 5.41) is 14.6. The number of hydrogen-bond donors (Lipinski definition) is 3. The van der Waals surface area contributed by atoms with Crippen LogP contribution in [-0.4, -0.2) is 30.2 Å². The fourth-order valence-corrected chi connectivity index (χ4v) is 1.85. The van der Waals surface area contributed by atoms with Gasteiger partial charge in [-0.05, 0) is 31.9 Å². The molecule has 1 amide bonds. The third-order valence-electron chi connectivity index (χ3n) is 2.81. The van der Waals surface area contributed by atoms with E-state index in [1.807, 2.05) is 19.9 Å². The summed E-state index contributed by atoms with van der Waals surface area (Å²) in [4.78, 5) is 11.8. The van der Waals surface area contributed by atoms with Crippen molar-refractivity contribution in [2.24, 2.45) is 10.9 Å². The maximum atomic E-state index is 11.8. The average Bonchev–Trinajstić information content (AvgIpc) is 2.43. The van der Waals surface area contributed by atoms with Gasteiger partial charge in [0.05, 0.1) is 5.69 Å². The molecular formula is C14H21N3O3. The Kier molecular flexibility index (Phi) is 6.52. The van der Waals surface area contributed by atoms with Crippen LogP contribution in [-0.2, 0) is 9.53 Å². The van der Waals surface area contributed by atoms with Crippen molar-refractivity contribution in [2.45, 2.75) is 26.7 Å². The number of benzene rings is 1. The number of nitrogens with zero attached hydrogens (tertiary/aromatic N) is 1. The van der Waals surface area contributed by atoms with Crippen molar-refractivity contribution in [1.29, 1.82) is 0 Å². The Balaban J connectivity index is 2.72. The Labute approximate surface area is 118 Å². The number of hydrogen-bond acceptors (Lipinski definition) is 4. The summed E-state index contributed by atoms with van der Waals surface area (Å²) in [5.74, 6) is -0.144. The SMILES string of the molecule is CCOCCCC(=O)Nc1cccc(C)c1/C(N)=N/O. The van der Waals surface area contributed by atoms with Gasteiger partial charge in [0.1, 0.15) is 0 Å². The number of carbonyl (C=O) groups is 1. The van der Waals surface area contributed by atoms with Crippen molar-refractivity contribution in [3.05, 3.63) is 29.3 Å². The second-order valence-corrected chi connectivity index (χ2v) is 4.33. The summed E-state index contributed by atoms with van der Waals surface area (Å²) in [6.45, 7) is 4.95. The Morgan fingerprint density at radius 3 is 2.90 bits per heavy atom. The van der Waals surface area contributed by atoms with Gasteiger partial charge in [0, 0.05) is 25.2 Å². The van der Waals surface area contributed by atoms with Gasteiger partial charge in [-0.2, -0.15) is 0 Å². The zero-order valence-corrected chi connectivity index (χ0v) is 11.8. The van der Waals surface area contributed by atoms with E-state index in [0.717, 1.165) is 5.56 Å². The van der Waals surface area contributed by atoms with Crippen molar-refractivity contribution in [1.82, 2.24) is 0 Å². The van der Waals surface area contributed by atoms with E-state index in [0.29, 0.717) is 37.3 Å².